The minimum atomic E-state index is -3.58. The monoisotopic (exact) mass is 324 g/mol. The van der Waals surface area contributed by atoms with Gasteiger partial charge in [-0.2, -0.15) is 0 Å². The van der Waals surface area contributed by atoms with Crippen molar-refractivity contribution in [2.45, 2.75) is 24.9 Å². The average Bonchev–Trinajstić information content (AvgIpc) is 2.45. The normalized spacial score (nSPS) is 11.6. The quantitative estimate of drug-likeness (QED) is 0.888. The Labute approximate surface area is 130 Å². The van der Waals surface area contributed by atoms with Crippen LogP contribution in [0.15, 0.2) is 47.4 Å². The maximum atomic E-state index is 12.4. The highest BCUT2D eigenvalue weighted by atomic mass is 35.5. The number of benzene rings is 2. The first-order valence-electron chi connectivity index (χ1n) is 6.46. The van der Waals surface area contributed by atoms with Crippen molar-refractivity contribution in [1.29, 1.82) is 0 Å². The van der Waals surface area contributed by atoms with E-state index in [1.54, 1.807) is 37.3 Å². The summed E-state index contributed by atoms with van der Waals surface area (Å²) >= 11 is 5.89. The first-order valence-corrected chi connectivity index (χ1v) is 8.33. The van der Waals surface area contributed by atoms with Gasteiger partial charge in [0.1, 0.15) is 0 Å². The molecule has 0 saturated heterocycles. The summed E-state index contributed by atoms with van der Waals surface area (Å²) in [6.07, 6.45) is 0. The van der Waals surface area contributed by atoms with Gasteiger partial charge in [0.25, 0.3) is 0 Å². The van der Waals surface area contributed by atoms with E-state index < -0.39 is 10.0 Å². The molecule has 0 fully saturated rings. The molecule has 0 atom stereocenters. The minimum Gasteiger partial charge on any atom is -0.326 e. The van der Waals surface area contributed by atoms with E-state index in [0.717, 1.165) is 11.1 Å². The molecule has 0 aliphatic carbocycles. The first kappa shape index (κ1) is 16.0. The van der Waals surface area contributed by atoms with Crippen molar-refractivity contribution < 1.29 is 8.42 Å². The third kappa shape index (κ3) is 3.83. The zero-order chi connectivity index (χ0) is 15.5. The lowest BCUT2D eigenvalue weighted by atomic mass is 10.1. The van der Waals surface area contributed by atoms with Crippen LogP contribution in [-0.4, -0.2) is 8.42 Å². The lowest BCUT2D eigenvalue weighted by Crippen LogP contribution is -2.24. The van der Waals surface area contributed by atoms with E-state index in [4.69, 9.17) is 17.3 Å². The average molecular weight is 325 g/mol. The van der Waals surface area contributed by atoms with Gasteiger partial charge in [-0.05, 0) is 41.8 Å². The lowest BCUT2D eigenvalue weighted by molar-refractivity contribution is 0.580. The van der Waals surface area contributed by atoms with Gasteiger partial charge in [0, 0.05) is 18.1 Å². The van der Waals surface area contributed by atoms with Crippen LogP contribution in [0, 0.1) is 6.92 Å². The van der Waals surface area contributed by atoms with Crippen molar-refractivity contribution in [3.8, 4) is 0 Å². The molecule has 21 heavy (non-hydrogen) atoms. The Morgan fingerprint density at radius 2 is 1.90 bits per heavy atom. The second-order valence-electron chi connectivity index (χ2n) is 4.70. The van der Waals surface area contributed by atoms with Crippen LogP contribution in [0.1, 0.15) is 16.7 Å². The van der Waals surface area contributed by atoms with Crippen LogP contribution in [0.2, 0.25) is 5.02 Å². The van der Waals surface area contributed by atoms with E-state index in [9.17, 15) is 8.42 Å². The van der Waals surface area contributed by atoms with Crippen molar-refractivity contribution in [1.82, 2.24) is 4.72 Å². The smallest absolute Gasteiger partial charge is 0.241 e. The van der Waals surface area contributed by atoms with Crippen LogP contribution in [0.25, 0.3) is 0 Å². The van der Waals surface area contributed by atoms with Crippen molar-refractivity contribution in [2.75, 3.05) is 0 Å². The van der Waals surface area contributed by atoms with Gasteiger partial charge in [-0.15, -0.1) is 0 Å². The predicted molar refractivity (Wildman–Crippen MR) is 84.5 cm³/mol. The number of hydrogen-bond acceptors (Lipinski definition) is 3. The molecule has 0 aromatic heterocycles. The summed E-state index contributed by atoms with van der Waals surface area (Å²) in [6, 6.07) is 12.2. The van der Waals surface area contributed by atoms with Crippen LogP contribution in [0.5, 0.6) is 0 Å². The van der Waals surface area contributed by atoms with E-state index in [-0.39, 0.29) is 11.4 Å². The molecule has 2 rings (SSSR count). The molecule has 0 aliphatic rings. The van der Waals surface area contributed by atoms with Gasteiger partial charge in [0.05, 0.1) is 4.90 Å². The topological polar surface area (TPSA) is 72.2 Å². The molecular formula is C15H17ClN2O2S. The van der Waals surface area contributed by atoms with Gasteiger partial charge in [0.15, 0.2) is 0 Å². The molecule has 6 heteroatoms. The van der Waals surface area contributed by atoms with Gasteiger partial charge in [-0.1, -0.05) is 35.9 Å². The number of halogens is 1. The molecule has 4 nitrogen and oxygen atoms in total. The van der Waals surface area contributed by atoms with Crippen LogP contribution < -0.4 is 10.5 Å². The van der Waals surface area contributed by atoms with Crippen molar-refractivity contribution in [3.63, 3.8) is 0 Å². The molecular weight excluding hydrogens is 308 g/mol. The van der Waals surface area contributed by atoms with Crippen LogP contribution in [0.4, 0.5) is 0 Å². The number of nitrogens with one attached hydrogen (secondary N) is 1. The summed E-state index contributed by atoms with van der Waals surface area (Å²) in [5, 5.41) is 0.577. The predicted octanol–water partition coefficient (Wildman–Crippen LogP) is 2.59. The molecule has 3 N–H and O–H groups in total. The molecule has 2 aromatic carbocycles. The fourth-order valence-electron chi connectivity index (χ4n) is 2.08. The van der Waals surface area contributed by atoms with Crippen LogP contribution in [0.3, 0.4) is 0 Å². The Balaban J connectivity index is 2.23. The molecule has 2 aromatic rings. The van der Waals surface area contributed by atoms with E-state index >= 15 is 0 Å². The van der Waals surface area contributed by atoms with Gasteiger partial charge in [0.2, 0.25) is 10.0 Å². The van der Waals surface area contributed by atoms with E-state index in [1.165, 1.54) is 0 Å². The molecule has 0 heterocycles. The third-order valence-corrected chi connectivity index (χ3v) is 5.04. The van der Waals surface area contributed by atoms with Gasteiger partial charge < -0.3 is 5.73 Å². The molecule has 112 valence electrons. The number of sulfonamides is 1. The van der Waals surface area contributed by atoms with E-state index in [1.807, 2.05) is 12.1 Å². The van der Waals surface area contributed by atoms with Crippen LogP contribution >= 0.6 is 11.6 Å². The second kappa shape index (κ2) is 6.58. The highest BCUT2D eigenvalue weighted by molar-refractivity contribution is 7.89. The van der Waals surface area contributed by atoms with Crippen molar-refractivity contribution in [3.05, 3.63) is 64.2 Å². The molecule has 0 bridgehead atoms. The SMILES string of the molecule is Cc1c(CN)cccc1S(=O)(=O)NCc1cccc(Cl)c1. The number of hydrogen-bond donors (Lipinski definition) is 2. The lowest BCUT2D eigenvalue weighted by Gasteiger charge is -2.12. The van der Waals surface area contributed by atoms with Gasteiger partial charge in [-0.3, -0.25) is 0 Å². The van der Waals surface area contributed by atoms with Gasteiger partial charge in [-0.25, -0.2) is 13.1 Å². The summed E-state index contributed by atoms with van der Waals surface area (Å²) in [5.41, 5.74) is 7.92. The highest BCUT2D eigenvalue weighted by Gasteiger charge is 2.17. The van der Waals surface area contributed by atoms with Crippen LogP contribution in [-0.2, 0) is 23.1 Å². The highest BCUT2D eigenvalue weighted by Crippen LogP contribution is 2.19. The fraction of sp³-hybridized carbons (Fsp3) is 0.200. The van der Waals surface area contributed by atoms with Crippen molar-refractivity contribution in [2.24, 2.45) is 5.73 Å². The third-order valence-electron chi connectivity index (χ3n) is 3.26. The largest absolute Gasteiger partial charge is 0.326 e. The van der Waals surface area contributed by atoms with Gasteiger partial charge >= 0.3 is 0 Å². The van der Waals surface area contributed by atoms with E-state index in [0.29, 0.717) is 17.1 Å². The Kier molecular flexibility index (Phi) is 5.00. The Morgan fingerprint density at radius 3 is 2.57 bits per heavy atom. The molecule has 0 unspecified atom stereocenters. The zero-order valence-electron chi connectivity index (χ0n) is 11.6. The Morgan fingerprint density at radius 1 is 1.19 bits per heavy atom. The summed E-state index contributed by atoms with van der Waals surface area (Å²) in [5.74, 6) is 0. The number of nitrogens with two attached hydrogens (primary N) is 1. The maximum absolute atomic E-state index is 12.4. The Hall–Kier alpha value is -1.40. The summed E-state index contributed by atoms with van der Waals surface area (Å²) in [6.45, 7) is 2.26. The fourth-order valence-corrected chi connectivity index (χ4v) is 3.59. The molecule has 0 spiro atoms. The second-order valence-corrected chi connectivity index (χ2v) is 6.87. The molecule has 0 aliphatic heterocycles. The molecule has 0 amide bonds. The van der Waals surface area contributed by atoms with Crippen molar-refractivity contribution >= 4 is 21.6 Å². The summed E-state index contributed by atoms with van der Waals surface area (Å²) < 4.78 is 27.4. The Bertz CT molecular complexity index is 745. The number of rotatable bonds is 5. The molecule has 0 saturated carbocycles. The van der Waals surface area contributed by atoms with E-state index in [2.05, 4.69) is 4.72 Å². The maximum Gasteiger partial charge on any atom is 0.241 e. The summed E-state index contributed by atoms with van der Waals surface area (Å²) in [7, 11) is -3.58. The minimum absolute atomic E-state index is 0.190. The standard InChI is InChI=1S/C15H17ClN2O2S/c1-11-13(9-17)5-3-7-15(11)21(19,20)18-10-12-4-2-6-14(16)8-12/h2-8,18H,9-10,17H2,1H3. The molecule has 0 radical (unpaired) electrons. The zero-order valence-corrected chi connectivity index (χ0v) is 13.2. The first-order chi connectivity index (χ1) is 9.94. The summed E-state index contributed by atoms with van der Waals surface area (Å²) in [4.78, 5) is 0.257.